The van der Waals surface area contributed by atoms with Crippen LogP contribution in [0.1, 0.15) is 33.3 Å². The van der Waals surface area contributed by atoms with Crippen LogP contribution in [0.25, 0.3) is 0 Å². The molecule has 0 aliphatic rings. The second-order valence-corrected chi connectivity index (χ2v) is 7.56. The van der Waals surface area contributed by atoms with Gasteiger partial charge < -0.3 is 4.43 Å². The summed E-state index contributed by atoms with van der Waals surface area (Å²) in [6, 6.07) is 11.0. The molecule has 0 heterocycles. The van der Waals surface area contributed by atoms with Gasteiger partial charge in [-0.15, -0.1) is 0 Å². The molecule has 1 aromatic carbocycles. The van der Waals surface area contributed by atoms with Gasteiger partial charge >= 0.3 is 0 Å². The molecule has 0 saturated carbocycles. The van der Waals surface area contributed by atoms with Crippen molar-refractivity contribution in [2.24, 2.45) is 5.92 Å². The minimum absolute atomic E-state index is 0.390. The predicted molar refractivity (Wildman–Crippen MR) is 67.5 cm³/mol. The van der Waals surface area contributed by atoms with Gasteiger partial charge in [0.25, 0.3) is 0 Å². The third kappa shape index (κ3) is 4.18. The Bertz CT molecular complexity index is 280. The summed E-state index contributed by atoms with van der Waals surface area (Å²) in [4.78, 5) is 0. The standard InChI is InChI=1S/C13H21OSi/c1-11(2)13(3,4)15-14-10-12-8-6-5-7-9-12/h6-9,11H,10,15H2,1-4H3. The van der Waals surface area contributed by atoms with E-state index in [2.05, 4.69) is 45.9 Å². The van der Waals surface area contributed by atoms with Gasteiger partial charge in [0.05, 0.1) is 6.61 Å². The number of hydrogen-bond donors (Lipinski definition) is 0. The van der Waals surface area contributed by atoms with Gasteiger partial charge in [-0.25, -0.2) is 0 Å². The summed E-state index contributed by atoms with van der Waals surface area (Å²) in [5.41, 5.74) is 1.25. The van der Waals surface area contributed by atoms with Crippen LogP contribution in [0.15, 0.2) is 24.3 Å². The number of benzene rings is 1. The first-order valence-corrected chi connectivity index (χ1v) is 6.83. The summed E-state index contributed by atoms with van der Waals surface area (Å²) in [6.45, 7) is 9.92. The Morgan fingerprint density at radius 1 is 1.33 bits per heavy atom. The monoisotopic (exact) mass is 221 g/mol. The summed E-state index contributed by atoms with van der Waals surface area (Å²) in [7, 11) is -0.462. The van der Waals surface area contributed by atoms with Gasteiger partial charge in [-0.2, -0.15) is 0 Å². The fourth-order valence-corrected chi connectivity index (χ4v) is 2.31. The van der Waals surface area contributed by atoms with Crippen molar-refractivity contribution in [1.82, 2.24) is 0 Å². The van der Waals surface area contributed by atoms with E-state index in [0.717, 1.165) is 6.61 Å². The third-order valence-corrected chi connectivity index (χ3v) is 5.06. The maximum atomic E-state index is 5.87. The highest BCUT2D eigenvalue weighted by Gasteiger charge is 2.23. The highest BCUT2D eigenvalue weighted by Crippen LogP contribution is 2.32. The second kappa shape index (κ2) is 5.47. The maximum absolute atomic E-state index is 5.87. The molecule has 0 aliphatic carbocycles. The van der Waals surface area contributed by atoms with E-state index in [4.69, 9.17) is 4.43 Å². The molecule has 15 heavy (non-hydrogen) atoms. The minimum atomic E-state index is -0.462. The van der Waals surface area contributed by atoms with Crippen LogP contribution in [0.4, 0.5) is 0 Å². The first-order chi connectivity index (χ1) is 7.02. The smallest absolute Gasteiger partial charge is 0.167 e. The Morgan fingerprint density at radius 2 is 1.93 bits per heavy atom. The topological polar surface area (TPSA) is 9.23 Å². The summed E-state index contributed by atoms with van der Waals surface area (Å²) in [5.74, 6) is 0.702. The van der Waals surface area contributed by atoms with Gasteiger partial charge in [-0.3, -0.25) is 0 Å². The Balaban J connectivity index is 2.34. The molecule has 1 aromatic rings. The minimum Gasteiger partial charge on any atom is -0.419 e. The SMILES string of the molecule is CC(C)C(C)(C)[SiH2]OCc1cc[c]cc1. The molecule has 2 heteroatoms. The van der Waals surface area contributed by atoms with Gasteiger partial charge in [0, 0.05) is 0 Å². The molecule has 0 N–H and O–H groups in total. The van der Waals surface area contributed by atoms with Crippen LogP contribution in [0.2, 0.25) is 5.04 Å². The molecule has 0 amide bonds. The average molecular weight is 221 g/mol. The number of rotatable bonds is 5. The van der Waals surface area contributed by atoms with Crippen LogP contribution in [0.5, 0.6) is 0 Å². The zero-order valence-corrected chi connectivity index (χ0v) is 11.6. The van der Waals surface area contributed by atoms with E-state index < -0.39 is 9.76 Å². The van der Waals surface area contributed by atoms with Crippen LogP contribution in [-0.2, 0) is 11.0 Å². The third-order valence-electron chi connectivity index (χ3n) is 3.09. The molecule has 0 unspecified atom stereocenters. The summed E-state index contributed by atoms with van der Waals surface area (Å²) >= 11 is 0. The van der Waals surface area contributed by atoms with Crippen molar-refractivity contribution in [3.63, 3.8) is 0 Å². The first kappa shape index (κ1) is 12.5. The Hall–Kier alpha value is -0.603. The lowest BCUT2D eigenvalue weighted by Crippen LogP contribution is -2.21. The normalized spacial score (nSPS) is 12.9. The summed E-state index contributed by atoms with van der Waals surface area (Å²) in [6.07, 6.45) is 0. The second-order valence-electron chi connectivity index (χ2n) is 5.04. The van der Waals surface area contributed by atoms with Crippen molar-refractivity contribution in [2.45, 2.75) is 39.3 Å². The van der Waals surface area contributed by atoms with Gasteiger partial charge in [-0.1, -0.05) is 52.0 Å². The molecule has 1 radical (unpaired) electrons. The van der Waals surface area contributed by atoms with Crippen LogP contribution >= 0.6 is 0 Å². The van der Waals surface area contributed by atoms with Crippen LogP contribution < -0.4 is 0 Å². The molecular weight excluding hydrogens is 200 g/mol. The van der Waals surface area contributed by atoms with Crippen LogP contribution in [0, 0.1) is 12.0 Å². The lowest BCUT2D eigenvalue weighted by molar-refractivity contribution is 0.291. The van der Waals surface area contributed by atoms with Crippen molar-refractivity contribution in [2.75, 3.05) is 0 Å². The van der Waals surface area contributed by atoms with E-state index in [1.54, 1.807) is 0 Å². The molecule has 83 valence electrons. The number of hydrogen-bond acceptors (Lipinski definition) is 1. The molecule has 0 saturated heterocycles. The maximum Gasteiger partial charge on any atom is 0.167 e. The predicted octanol–water partition coefficient (Wildman–Crippen LogP) is 2.94. The largest absolute Gasteiger partial charge is 0.419 e. The fraction of sp³-hybridized carbons (Fsp3) is 0.538. The van der Waals surface area contributed by atoms with Gasteiger partial charge in [0.15, 0.2) is 9.76 Å². The molecule has 0 fully saturated rings. The van der Waals surface area contributed by atoms with E-state index >= 15 is 0 Å². The van der Waals surface area contributed by atoms with Crippen LogP contribution in [0.3, 0.4) is 0 Å². The lowest BCUT2D eigenvalue weighted by atomic mass is 9.99. The molecule has 0 atom stereocenters. The Kier molecular flexibility index (Phi) is 4.55. The Labute approximate surface area is 95.8 Å². The molecule has 1 nitrogen and oxygen atoms in total. The van der Waals surface area contributed by atoms with E-state index in [1.165, 1.54) is 5.56 Å². The van der Waals surface area contributed by atoms with Crippen molar-refractivity contribution >= 4 is 9.76 Å². The van der Waals surface area contributed by atoms with Crippen molar-refractivity contribution in [1.29, 1.82) is 0 Å². The van der Waals surface area contributed by atoms with E-state index in [-0.39, 0.29) is 0 Å². The first-order valence-electron chi connectivity index (χ1n) is 5.55. The zero-order valence-electron chi connectivity index (χ0n) is 10.2. The summed E-state index contributed by atoms with van der Waals surface area (Å²) < 4.78 is 5.87. The van der Waals surface area contributed by atoms with E-state index in [0.29, 0.717) is 11.0 Å². The molecule has 0 spiro atoms. The lowest BCUT2D eigenvalue weighted by Gasteiger charge is -2.28. The highest BCUT2D eigenvalue weighted by molar-refractivity contribution is 6.32. The molecule has 0 bridgehead atoms. The van der Waals surface area contributed by atoms with Crippen molar-refractivity contribution < 1.29 is 4.43 Å². The van der Waals surface area contributed by atoms with E-state index in [1.807, 2.05) is 12.1 Å². The highest BCUT2D eigenvalue weighted by atomic mass is 28.2. The quantitative estimate of drug-likeness (QED) is 0.695. The van der Waals surface area contributed by atoms with E-state index in [9.17, 15) is 0 Å². The molecule has 0 aliphatic heterocycles. The van der Waals surface area contributed by atoms with Gasteiger partial charge in [-0.05, 0) is 22.6 Å². The van der Waals surface area contributed by atoms with Gasteiger partial charge in [0.1, 0.15) is 0 Å². The molecular formula is C13H21OSi. The van der Waals surface area contributed by atoms with Crippen molar-refractivity contribution in [3.8, 4) is 0 Å². The molecule has 1 rings (SSSR count). The molecule has 0 aromatic heterocycles. The zero-order chi connectivity index (χ0) is 11.3. The van der Waals surface area contributed by atoms with Crippen LogP contribution in [-0.4, -0.2) is 9.76 Å². The van der Waals surface area contributed by atoms with Crippen molar-refractivity contribution in [3.05, 3.63) is 35.9 Å². The summed E-state index contributed by atoms with van der Waals surface area (Å²) in [5, 5.41) is 0.390. The Morgan fingerprint density at radius 3 is 2.47 bits per heavy atom. The fourth-order valence-electron chi connectivity index (χ4n) is 1.12. The average Bonchev–Trinajstić information content (AvgIpc) is 2.19. The van der Waals surface area contributed by atoms with Gasteiger partial charge in [0.2, 0.25) is 0 Å².